The Morgan fingerprint density at radius 3 is 1.23 bits per heavy atom. The van der Waals surface area contributed by atoms with E-state index in [9.17, 15) is 10.5 Å². The summed E-state index contributed by atoms with van der Waals surface area (Å²) in [6.45, 7) is 21.7. The molecule has 3 heterocycles. The molecule has 0 radical (unpaired) electrons. The van der Waals surface area contributed by atoms with E-state index in [1.807, 2.05) is 97.1 Å². The molecule has 3 aromatic heterocycles. The van der Waals surface area contributed by atoms with E-state index in [-0.39, 0.29) is 10.8 Å². The Balaban J connectivity index is 1.15. The average Bonchev–Trinajstić information content (AvgIpc) is 3.51. The van der Waals surface area contributed by atoms with Crippen molar-refractivity contribution in [3.8, 4) is 91.1 Å². The Morgan fingerprint density at radius 1 is 0.366 bits per heavy atom. The smallest absolute Gasteiger partial charge is 0.194 e. The second-order valence-electron chi connectivity index (χ2n) is 23.0. The summed E-state index contributed by atoms with van der Waals surface area (Å²) in [6, 6.07) is 79.2. The molecule has 0 aliphatic rings. The van der Waals surface area contributed by atoms with Crippen LogP contribution in [0, 0.1) is 29.2 Å². The Hall–Kier alpha value is -10.7. The van der Waals surface area contributed by atoms with Gasteiger partial charge in [-0.2, -0.15) is 10.5 Å². The molecule has 0 spiro atoms. The van der Waals surface area contributed by atoms with E-state index in [4.69, 9.17) is 21.5 Å². The minimum atomic E-state index is -0.0935. The molecule has 0 saturated heterocycles. The van der Waals surface area contributed by atoms with E-state index in [0.29, 0.717) is 34.3 Å². The lowest BCUT2D eigenvalue weighted by atomic mass is 9.86. The fourth-order valence-corrected chi connectivity index (χ4v) is 11.6. The van der Waals surface area contributed by atoms with Gasteiger partial charge in [0.2, 0.25) is 0 Å². The molecule has 8 nitrogen and oxygen atoms in total. The molecule has 10 aromatic carbocycles. The van der Waals surface area contributed by atoms with Gasteiger partial charge in [-0.05, 0) is 140 Å². The molecule has 13 rings (SSSR count). The summed E-state index contributed by atoms with van der Waals surface area (Å²) in [5.41, 5.74) is 17.1. The molecule has 0 unspecified atom stereocenters. The maximum absolute atomic E-state index is 10.1. The van der Waals surface area contributed by atoms with Crippen LogP contribution in [0.3, 0.4) is 0 Å². The summed E-state index contributed by atoms with van der Waals surface area (Å²) in [5, 5.41) is 24.7. The second kappa shape index (κ2) is 19.9. The minimum absolute atomic E-state index is 0.0935. The molecule has 390 valence electrons. The first-order valence-electron chi connectivity index (χ1n) is 27.5. The van der Waals surface area contributed by atoms with Crippen molar-refractivity contribution in [2.24, 2.45) is 0 Å². The fourth-order valence-electron chi connectivity index (χ4n) is 11.6. The Bertz CT molecular complexity index is 4630. The number of benzene rings is 10. The highest BCUT2D eigenvalue weighted by molar-refractivity contribution is 6.11. The van der Waals surface area contributed by atoms with Gasteiger partial charge in [-0.25, -0.2) is 19.8 Å². The maximum atomic E-state index is 10.1. The van der Waals surface area contributed by atoms with Crippen LogP contribution in [0.1, 0.15) is 63.8 Å². The van der Waals surface area contributed by atoms with Gasteiger partial charge in [0.1, 0.15) is 0 Å². The molecule has 8 heteroatoms. The van der Waals surface area contributed by atoms with Gasteiger partial charge in [-0.1, -0.05) is 175 Å². The van der Waals surface area contributed by atoms with E-state index in [1.54, 1.807) is 0 Å². The molecule has 0 saturated carbocycles. The zero-order valence-corrected chi connectivity index (χ0v) is 46.4. The van der Waals surface area contributed by atoms with Crippen molar-refractivity contribution in [1.29, 1.82) is 10.5 Å². The molecule has 0 N–H and O–H groups in total. The lowest BCUT2D eigenvalue weighted by Crippen LogP contribution is -2.10. The second-order valence-corrected chi connectivity index (χ2v) is 23.0. The molecule has 0 bridgehead atoms. The molecule has 0 aliphatic carbocycles. The van der Waals surface area contributed by atoms with Crippen LogP contribution in [-0.2, 0) is 10.8 Å². The molecule has 0 atom stereocenters. The van der Waals surface area contributed by atoms with Crippen LogP contribution in [0.2, 0.25) is 0 Å². The number of rotatable bonds is 8. The summed E-state index contributed by atoms with van der Waals surface area (Å²) in [7, 11) is 0. The number of nitriles is 2. The summed E-state index contributed by atoms with van der Waals surface area (Å²) in [4.78, 5) is 20.8. The third-order valence-electron chi connectivity index (χ3n) is 15.8. The maximum Gasteiger partial charge on any atom is 0.194 e. The molecule has 13 aromatic rings. The van der Waals surface area contributed by atoms with Gasteiger partial charge < -0.3 is 9.13 Å². The zero-order chi connectivity index (χ0) is 56.4. The normalized spacial score (nSPS) is 11.7. The summed E-state index contributed by atoms with van der Waals surface area (Å²) >= 11 is 0. The summed E-state index contributed by atoms with van der Waals surface area (Å²) in [5.74, 6) is 1.30. The number of hydrogen-bond donors (Lipinski definition) is 0. The number of aromatic nitrogens is 5. The molecule has 0 fully saturated rings. The van der Waals surface area contributed by atoms with Crippen molar-refractivity contribution in [1.82, 2.24) is 24.1 Å². The largest absolute Gasteiger partial charge is 0.308 e. The van der Waals surface area contributed by atoms with Gasteiger partial charge in [0.05, 0.1) is 63.3 Å². The summed E-state index contributed by atoms with van der Waals surface area (Å²) in [6.07, 6.45) is 0. The van der Waals surface area contributed by atoms with Crippen LogP contribution in [0.25, 0.3) is 127 Å². The lowest BCUT2D eigenvalue weighted by molar-refractivity contribution is 0.591. The predicted octanol–water partition coefficient (Wildman–Crippen LogP) is 19.0. The van der Waals surface area contributed by atoms with Gasteiger partial charge in [0, 0.05) is 38.2 Å². The van der Waals surface area contributed by atoms with Crippen LogP contribution in [0.4, 0.5) is 5.69 Å². The molecule has 0 aliphatic heterocycles. The topological polar surface area (TPSA) is 100 Å². The third kappa shape index (κ3) is 8.83. The first kappa shape index (κ1) is 50.8. The molecule has 0 amide bonds. The van der Waals surface area contributed by atoms with Gasteiger partial charge in [-0.15, -0.1) is 0 Å². The van der Waals surface area contributed by atoms with Crippen molar-refractivity contribution in [3.63, 3.8) is 0 Å². The Morgan fingerprint density at radius 2 is 0.768 bits per heavy atom. The first-order valence-corrected chi connectivity index (χ1v) is 27.5. The Kier molecular flexibility index (Phi) is 12.3. The highest BCUT2D eigenvalue weighted by Crippen LogP contribution is 2.44. The van der Waals surface area contributed by atoms with E-state index < -0.39 is 0 Å². The summed E-state index contributed by atoms with van der Waals surface area (Å²) < 4.78 is 4.65. The number of hydrogen-bond acceptors (Lipinski definition) is 5. The van der Waals surface area contributed by atoms with Crippen LogP contribution >= 0.6 is 0 Å². The van der Waals surface area contributed by atoms with Crippen LogP contribution in [0.5, 0.6) is 0 Å². The van der Waals surface area contributed by atoms with E-state index in [2.05, 4.69) is 189 Å². The highest BCUT2D eigenvalue weighted by Gasteiger charge is 2.26. The lowest BCUT2D eigenvalue weighted by Gasteiger charge is -2.20. The number of para-hydroxylation sites is 3. The van der Waals surface area contributed by atoms with E-state index in [0.717, 1.165) is 105 Å². The Labute approximate surface area is 477 Å². The van der Waals surface area contributed by atoms with E-state index >= 15 is 0 Å². The quantitative estimate of drug-likeness (QED) is 0.141. The van der Waals surface area contributed by atoms with Crippen LogP contribution in [0.15, 0.2) is 218 Å². The minimum Gasteiger partial charge on any atom is -0.308 e. The molecule has 82 heavy (non-hydrogen) atoms. The predicted molar refractivity (Wildman–Crippen MR) is 334 cm³/mol. The van der Waals surface area contributed by atoms with Gasteiger partial charge in [0.15, 0.2) is 23.2 Å². The third-order valence-corrected chi connectivity index (χ3v) is 15.8. The van der Waals surface area contributed by atoms with Crippen molar-refractivity contribution < 1.29 is 0 Å². The zero-order valence-electron chi connectivity index (χ0n) is 46.4. The van der Waals surface area contributed by atoms with Crippen molar-refractivity contribution in [2.45, 2.75) is 52.4 Å². The standard InChI is InChI=1S/C74H54N8/c1-73(2,3)52-32-36-66-61(42-52)56-24-11-14-28-64(56)81(66)68-40-50(48-20-16-18-46(38-48)44-75)30-34-59(68)71-78-70(58-26-9-8-22-54(58)55-23-10-13-27-63(55)77-7)79-72(80-71)60-35-31-51(49-21-17-19-47(39-49)45-76)41-69(60)82-65-29-15-12-25-57(65)62-43-53(74(4,5)6)33-37-67(62)82/h8-43H,1-6H3. The van der Waals surface area contributed by atoms with Gasteiger partial charge in [0.25, 0.3) is 0 Å². The highest BCUT2D eigenvalue weighted by atomic mass is 15.1. The average molecular weight is 1060 g/mol. The van der Waals surface area contributed by atoms with Crippen molar-refractivity contribution in [3.05, 3.63) is 252 Å². The van der Waals surface area contributed by atoms with Gasteiger partial charge >= 0.3 is 0 Å². The monoisotopic (exact) mass is 1050 g/mol. The van der Waals surface area contributed by atoms with Crippen LogP contribution < -0.4 is 0 Å². The molecular weight excluding hydrogens is 1000 g/mol. The molecular formula is C74H54N8. The van der Waals surface area contributed by atoms with Gasteiger partial charge in [-0.3, -0.25) is 0 Å². The van der Waals surface area contributed by atoms with E-state index in [1.165, 1.54) is 11.1 Å². The first-order chi connectivity index (χ1) is 39.8. The van der Waals surface area contributed by atoms with Crippen molar-refractivity contribution in [2.75, 3.05) is 0 Å². The SMILES string of the molecule is [C-]#[N+]c1ccccc1-c1ccccc1-c1nc(-c2ccc(-c3cccc(C#N)c3)cc2-n2c3ccccc3c3cc(C(C)(C)C)ccc32)nc(-c2ccc(-c3cccc(C#N)c3)cc2-n2c3ccccc3c3cc(C(C)(C)C)ccc32)n1. The van der Waals surface area contributed by atoms with Crippen molar-refractivity contribution >= 4 is 49.3 Å². The fraction of sp³-hybridized carbons (Fsp3) is 0.108. The number of fused-ring (bicyclic) bond motifs is 6. The number of nitrogens with zero attached hydrogens (tertiary/aromatic N) is 8. The van der Waals surface area contributed by atoms with Crippen LogP contribution in [-0.4, -0.2) is 24.1 Å².